The van der Waals surface area contributed by atoms with Crippen molar-refractivity contribution in [3.8, 4) is 0 Å². The van der Waals surface area contributed by atoms with Crippen LogP contribution in [0, 0.1) is 11.3 Å². The van der Waals surface area contributed by atoms with E-state index in [4.69, 9.17) is 0 Å². The van der Waals surface area contributed by atoms with Crippen molar-refractivity contribution >= 4 is 11.9 Å². The summed E-state index contributed by atoms with van der Waals surface area (Å²) in [7, 11) is 1.82. The second-order valence-electron chi connectivity index (χ2n) is 9.24. The number of nitrogens with zero attached hydrogens (tertiary/aromatic N) is 1. The minimum atomic E-state index is 0.123. The van der Waals surface area contributed by atoms with Crippen molar-refractivity contribution in [3.05, 3.63) is 35.9 Å². The third-order valence-corrected chi connectivity index (χ3v) is 5.79. The van der Waals surface area contributed by atoms with Crippen LogP contribution in [-0.4, -0.2) is 37.5 Å². The van der Waals surface area contributed by atoms with E-state index < -0.39 is 0 Å². The SMILES string of the molecule is CN=C(NCC(C)(C)Cc1ccccc1)NC1CCCC(C(=O)NC2CC2)C1. The average Bonchev–Trinajstić information content (AvgIpc) is 3.50. The topological polar surface area (TPSA) is 65.5 Å². The minimum Gasteiger partial charge on any atom is -0.356 e. The third kappa shape index (κ3) is 6.54. The van der Waals surface area contributed by atoms with Crippen molar-refractivity contribution in [3.63, 3.8) is 0 Å². The monoisotopic (exact) mass is 384 g/mol. The van der Waals surface area contributed by atoms with Gasteiger partial charge >= 0.3 is 0 Å². The number of hydrogen-bond donors (Lipinski definition) is 3. The van der Waals surface area contributed by atoms with Gasteiger partial charge in [-0.25, -0.2) is 0 Å². The van der Waals surface area contributed by atoms with Crippen LogP contribution in [0.1, 0.15) is 57.9 Å². The van der Waals surface area contributed by atoms with Gasteiger partial charge in [-0.1, -0.05) is 50.6 Å². The van der Waals surface area contributed by atoms with Gasteiger partial charge in [-0.15, -0.1) is 0 Å². The van der Waals surface area contributed by atoms with Gasteiger partial charge in [0.1, 0.15) is 0 Å². The fraction of sp³-hybridized carbons (Fsp3) is 0.652. The van der Waals surface area contributed by atoms with Gasteiger partial charge in [0.25, 0.3) is 0 Å². The van der Waals surface area contributed by atoms with Crippen LogP contribution in [0.5, 0.6) is 0 Å². The van der Waals surface area contributed by atoms with E-state index in [1.165, 1.54) is 5.56 Å². The Morgan fingerprint density at radius 3 is 2.50 bits per heavy atom. The lowest BCUT2D eigenvalue weighted by Crippen LogP contribution is -2.49. The van der Waals surface area contributed by atoms with Gasteiger partial charge in [0.2, 0.25) is 5.91 Å². The molecule has 3 rings (SSSR count). The first-order valence-corrected chi connectivity index (χ1v) is 10.8. The lowest BCUT2D eigenvalue weighted by molar-refractivity contribution is -0.126. The predicted molar refractivity (Wildman–Crippen MR) is 115 cm³/mol. The Kier molecular flexibility index (Phi) is 6.97. The smallest absolute Gasteiger partial charge is 0.223 e. The van der Waals surface area contributed by atoms with Crippen LogP contribution >= 0.6 is 0 Å². The maximum atomic E-state index is 12.4. The van der Waals surface area contributed by atoms with E-state index in [1.807, 2.05) is 7.05 Å². The van der Waals surface area contributed by atoms with E-state index in [0.717, 1.165) is 57.5 Å². The Labute approximate surface area is 169 Å². The first kappa shape index (κ1) is 20.7. The first-order valence-electron chi connectivity index (χ1n) is 10.8. The molecular weight excluding hydrogens is 348 g/mol. The maximum absolute atomic E-state index is 12.4. The second-order valence-corrected chi connectivity index (χ2v) is 9.24. The summed E-state index contributed by atoms with van der Waals surface area (Å²) in [6, 6.07) is 11.4. The molecule has 1 amide bonds. The zero-order valence-corrected chi connectivity index (χ0v) is 17.6. The van der Waals surface area contributed by atoms with E-state index in [-0.39, 0.29) is 17.2 Å². The highest BCUT2D eigenvalue weighted by Gasteiger charge is 2.31. The van der Waals surface area contributed by atoms with Gasteiger partial charge in [-0.3, -0.25) is 9.79 Å². The summed E-state index contributed by atoms with van der Waals surface area (Å²) in [5.41, 5.74) is 1.48. The quantitative estimate of drug-likeness (QED) is 0.499. The average molecular weight is 385 g/mol. The van der Waals surface area contributed by atoms with E-state index in [2.05, 4.69) is 65.1 Å². The highest BCUT2D eigenvalue weighted by molar-refractivity contribution is 5.81. The first-order chi connectivity index (χ1) is 13.4. The van der Waals surface area contributed by atoms with Crippen molar-refractivity contribution in [2.24, 2.45) is 16.3 Å². The molecule has 0 aromatic heterocycles. The van der Waals surface area contributed by atoms with Crippen molar-refractivity contribution in [2.75, 3.05) is 13.6 Å². The summed E-state index contributed by atoms with van der Waals surface area (Å²) in [6.45, 7) is 5.40. The van der Waals surface area contributed by atoms with Crippen molar-refractivity contribution in [2.45, 2.75) is 70.9 Å². The van der Waals surface area contributed by atoms with Crippen molar-refractivity contribution < 1.29 is 4.79 Å². The number of nitrogens with one attached hydrogen (secondary N) is 3. The molecule has 1 aromatic rings. The highest BCUT2D eigenvalue weighted by atomic mass is 16.2. The van der Waals surface area contributed by atoms with Crippen LogP contribution in [0.3, 0.4) is 0 Å². The van der Waals surface area contributed by atoms with Gasteiger partial charge in [-0.05, 0) is 49.5 Å². The number of benzene rings is 1. The number of carbonyl (C=O) groups excluding carboxylic acids is 1. The molecule has 0 radical (unpaired) electrons. The van der Waals surface area contributed by atoms with E-state index in [9.17, 15) is 4.79 Å². The lowest BCUT2D eigenvalue weighted by Gasteiger charge is -2.31. The molecule has 1 aromatic carbocycles. The molecule has 0 aliphatic heterocycles. The number of guanidine groups is 1. The Bertz CT molecular complexity index is 666. The maximum Gasteiger partial charge on any atom is 0.223 e. The molecule has 3 N–H and O–H groups in total. The molecule has 2 unspecified atom stereocenters. The molecule has 0 saturated heterocycles. The molecule has 0 heterocycles. The summed E-state index contributed by atoms with van der Waals surface area (Å²) in [4.78, 5) is 16.8. The number of aliphatic imine (C=N–C) groups is 1. The van der Waals surface area contributed by atoms with Gasteiger partial charge in [-0.2, -0.15) is 0 Å². The molecule has 2 aliphatic carbocycles. The van der Waals surface area contributed by atoms with E-state index >= 15 is 0 Å². The van der Waals surface area contributed by atoms with Crippen LogP contribution < -0.4 is 16.0 Å². The summed E-state index contributed by atoms with van der Waals surface area (Å²) in [5, 5.41) is 10.2. The summed E-state index contributed by atoms with van der Waals surface area (Å²) in [6.07, 6.45) is 7.41. The zero-order chi connectivity index (χ0) is 20.0. The number of carbonyl (C=O) groups is 1. The molecule has 2 atom stereocenters. The Hall–Kier alpha value is -2.04. The minimum absolute atomic E-state index is 0.123. The standard InChI is InChI=1S/C23H36N4O/c1-23(2,15-17-8-5-4-6-9-17)16-25-22(24-3)27-20-11-7-10-18(14-20)21(28)26-19-12-13-19/h4-6,8-9,18-20H,7,10-16H2,1-3H3,(H,26,28)(H2,24,25,27). The zero-order valence-electron chi connectivity index (χ0n) is 17.6. The molecule has 154 valence electrons. The van der Waals surface area contributed by atoms with Gasteiger partial charge in [0.05, 0.1) is 0 Å². The molecular formula is C23H36N4O. The highest BCUT2D eigenvalue weighted by Crippen LogP contribution is 2.27. The molecule has 2 fully saturated rings. The Morgan fingerprint density at radius 1 is 1.07 bits per heavy atom. The van der Waals surface area contributed by atoms with Crippen molar-refractivity contribution in [1.82, 2.24) is 16.0 Å². The number of amides is 1. The Morgan fingerprint density at radius 2 is 1.82 bits per heavy atom. The van der Waals surface area contributed by atoms with Gasteiger partial charge in [0, 0.05) is 31.6 Å². The summed E-state index contributed by atoms with van der Waals surface area (Å²) < 4.78 is 0. The molecule has 2 saturated carbocycles. The van der Waals surface area contributed by atoms with Crippen LogP contribution in [0.15, 0.2) is 35.3 Å². The normalized spacial score (nSPS) is 23.2. The van der Waals surface area contributed by atoms with Crippen LogP contribution in [0.4, 0.5) is 0 Å². The van der Waals surface area contributed by atoms with Crippen molar-refractivity contribution in [1.29, 1.82) is 0 Å². The van der Waals surface area contributed by atoms with Crippen LogP contribution in [-0.2, 0) is 11.2 Å². The fourth-order valence-corrected chi connectivity index (χ4v) is 4.03. The lowest BCUT2D eigenvalue weighted by atomic mass is 9.85. The van der Waals surface area contributed by atoms with Crippen LogP contribution in [0.2, 0.25) is 0 Å². The number of hydrogen-bond acceptors (Lipinski definition) is 2. The largest absolute Gasteiger partial charge is 0.356 e. The second kappa shape index (κ2) is 9.44. The van der Waals surface area contributed by atoms with E-state index in [1.54, 1.807) is 0 Å². The molecule has 5 heteroatoms. The van der Waals surface area contributed by atoms with Crippen LogP contribution in [0.25, 0.3) is 0 Å². The third-order valence-electron chi connectivity index (χ3n) is 5.79. The molecule has 2 aliphatic rings. The molecule has 0 bridgehead atoms. The molecule has 5 nitrogen and oxygen atoms in total. The van der Waals surface area contributed by atoms with E-state index in [0.29, 0.717) is 12.1 Å². The summed E-state index contributed by atoms with van der Waals surface area (Å²) >= 11 is 0. The predicted octanol–water partition coefficient (Wildman–Crippen LogP) is 3.26. The number of rotatable bonds is 7. The molecule has 0 spiro atoms. The Balaban J connectivity index is 1.46. The summed E-state index contributed by atoms with van der Waals surface area (Å²) in [5.74, 6) is 1.23. The van der Waals surface area contributed by atoms with Gasteiger partial charge < -0.3 is 16.0 Å². The van der Waals surface area contributed by atoms with Gasteiger partial charge in [0.15, 0.2) is 5.96 Å². The molecule has 28 heavy (non-hydrogen) atoms. The fourth-order valence-electron chi connectivity index (χ4n) is 4.03.